The summed E-state index contributed by atoms with van der Waals surface area (Å²) in [6.07, 6.45) is 2.78. The van der Waals surface area contributed by atoms with E-state index in [0.717, 1.165) is 31.4 Å². The topological polar surface area (TPSA) is 75.4 Å². The zero-order valence-corrected chi connectivity index (χ0v) is 11.0. The van der Waals surface area contributed by atoms with E-state index in [4.69, 9.17) is 5.73 Å². The molecule has 19 heavy (non-hydrogen) atoms. The number of sulfonamides is 1. The standard InChI is InChI=1S/C11H15F2N3O2S/c12-8-4-5-9(10(13)11(8)14)19(17,18)15-16-6-2-1-3-7-16/h4-5,15H,1-3,6-7,14H2. The minimum Gasteiger partial charge on any atom is -0.394 e. The van der Waals surface area contributed by atoms with Crippen LogP contribution in [0.3, 0.4) is 0 Å². The molecule has 2 rings (SSSR count). The molecule has 1 aliphatic heterocycles. The van der Waals surface area contributed by atoms with Crippen molar-refractivity contribution in [3.05, 3.63) is 23.8 Å². The quantitative estimate of drug-likeness (QED) is 0.821. The Labute approximate surface area is 110 Å². The van der Waals surface area contributed by atoms with Gasteiger partial charge in [-0.05, 0) is 25.0 Å². The van der Waals surface area contributed by atoms with E-state index in [2.05, 4.69) is 4.83 Å². The summed E-state index contributed by atoms with van der Waals surface area (Å²) in [6, 6.07) is 1.70. The van der Waals surface area contributed by atoms with Crippen LogP contribution in [-0.2, 0) is 10.0 Å². The Hall–Kier alpha value is -1.25. The largest absolute Gasteiger partial charge is 0.394 e. The third kappa shape index (κ3) is 3.02. The Morgan fingerprint density at radius 3 is 2.42 bits per heavy atom. The molecule has 0 aliphatic carbocycles. The van der Waals surface area contributed by atoms with Gasteiger partial charge < -0.3 is 5.73 Å². The second-order valence-electron chi connectivity index (χ2n) is 4.42. The van der Waals surface area contributed by atoms with Crippen LogP contribution in [0.2, 0.25) is 0 Å². The molecule has 1 fully saturated rings. The lowest BCUT2D eigenvalue weighted by Gasteiger charge is -2.26. The number of hydrogen-bond acceptors (Lipinski definition) is 4. The predicted molar refractivity (Wildman–Crippen MR) is 66.5 cm³/mol. The first kappa shape index (κ1) is 14.2. The van der Waals surface area contributed by atoms with Gasteiger partial charge in [-0.1, -0.05) is 6.42 Å². The summed E-state index contributed by atoms with van der Waals surface area (Å²) in [6.45, 7) is 1.13. The number of nitrogens with zero attached hydrogens (tertiary/aromatic N) is 1. The van der Waals surface area contributed by atoms with Gasteiger partial charge in [-0.2, -0.15) is 0 Å². The fraction of sp³-hybridized carbons (Fsp3) is 0.455. The number of nitrogens with one attached hydrogen (secondary N) is 1. The fourth-order valence-corrected chi connectivity index (χ4v) is 3.18. The zero-order chi connectivity index (χ0) is 14.0. The molecule has 0 radical (unpaired) electrons. The first-order valence-electron chi connectivity index (χ1n) is 5.92. The minimum absolute atomic E-state index is 0.567. The van der Waals surface area contributed by atoms with E-state index in [1.54, 1.807) is 0 Å². The van der Waals surface area contributed by atoms with Crippen molar-refractivity contribution in [3.8, 4) is 0 Å². The molecule has 0 spiro atoms. The van der Waals surface area contributed by atoms with E-state index in [1.165, 1.54) is 5.01 Å². The molecule has 0 amide bonds. The van der Waals surface area contributed by atoms with Crippen molar-refractivity contribution < 1.29 is 17.2 Å². The number of piperidine rings is 1. The molecule has 1 heterocycles. The Bertz CT molecular complexity index is 572. The summed E-state index contributed by atoms with van der Waals surface area (Å²) < 4.78 is 50.8. The molecule has 1 aliphatic rings. The maximum Gasteiger partial charge on any atom is 0.256 e. The van der Waals surface area contributed by atoms with Gasteiger partial charge >= 0.3 is 0 Å². The van der Waals surface area contributed by atoms with Crippen LogP contribution in [0.5, 0.6) is 0 Å². The summed E-state index contributed by atoms with van der Waals surface area (Å²) in [4.78, 5) is 1.64. The molecule has 0 atom stereocenters. The van der Waals surface area contributed by atoms with E-state index < -0.39 is 32.2 Å². The number of rotatable bonds is 3. The molecule has 8 heteroatoms. The van der Waals surface area contributed by atoms with E-state index in [0.29, 0.717) is 13.1 Å². The van der Waals surface area contributed by atoms with Crippen LogP contribution in [0.4, 0.5) is 14.5 Å². The summed E-state index contributed by atoms with van der Waals surface area (Å²) >= 11 is 0. The van der Waals surface area contributed by atoms with Gasteiger partial charge in [0.05, 0.1) is 0 Å². The maximum atomic E-state index is 13.7. The summed E-state index contributed by atoms with van der Waals surface area (Å²) in [5.74, 6) is -2.24. The van der Waals surface area contributed by atoms with E-state index >= 15 is 0 Å². The fourth-order valence-electron chi connectivity index (χ4n) is 1.96. The Morgan fingerprint density at radius 2 is 1.79 bits per heavy atom. The monoisotopic (exact) mass is 291 g/mol. The number of halogens is 2. The van der Waals surface area contributed by atoms with Crippen LogP contribution in [-0.4, -0.2) is 26.5 Å². The lowest BCUT2D eigenvalue weighted by Crippen LogP contribution is -2.45. The van der Waals surface area contributed by atoms with Crippen molar-refractivity contribution in [1.29, 1.82) is 0 Å². The molecule has 106 valence electrons. The highest BCUT2D eigenvalue weighted by atomic mass is 32.2. The molecule has 0 aromatic heterocycles. The smallest absolute Gasteiger partial charge is 0.256 e. The summed E-state index contributed by atoms with van der Waals surface area (Å²) in [5, 5.41) is 1.51. The number of anilines is 1. The predicted octanol–water partition coefficient (Wildman–Crippen LogP) is 1.23. The van der Waals surface area contributed by atoms with Crippen molar-refractivity contribution in [2.75, 3.05) is 18.8 Å². The number of nitrogens with two attached hydrogens (primary N) is 1. The van der Waals surface area contributed by atoms with Crippen LogP contribution in [0, 0.1) is 11.6 Å². The molecular formula is C11H15F2N3O2S. The van der Waals surface area contributed by atoms with Gasteiger partial charge in [0.15, 0.2) is 5.82 Å². The Kier molecular flexibility index (Phi) is 4.02. The number of nitrogen functional groups attached to an aromatic ring is 1. The Balaban J connectivity index is 2.26. The second kappa shape index (κ2) is 5.40. The highest BCUT2D eigenvalue weighted by Gasteiger charge is 2.25. The lowest BCUT2D eigenvalue weighted by atomic mass is 10.2. The first-order chi connectivity index (χ1) is 8.92. The normalized spacial score (nSPS) is 17.6. The molecule has 5 nitrogen and oxygen atoms in total. The van der Waals surface area contributed by atoms with Gasteiger partial charge in [0.25, 0.3) is 10.0 Å². The van der Waals surface area contributed by atoms with Crippen molar-refractivity contribution in [3.63, 3.8) is 0 Å². The van der Waals surface area contributed by atoms with Gasteiger partial charge in [0, 0.05) is 13.1 Å². The van der Waals surface area contributed by atoms with Crippen LogP contribution in [0.1, 0.15) is 19.3 Å². The van der Waals surface area contributed by atoms with Crippen molar-refractivity contribution in [2.45, 2.75) is 24.2 Å². The van der Waals surface area contributed by atoms with Gasteiger partial charge in [-0.15, -0.1) is 4.83 Å². The average Bonchev–Trinajstić information content (AvgIpc) is 2.36. The molecule has 1 saturated heterocycles. The third-order valence-electron chi connectivity index (χ3n) is 2.99. The van der Waals surface area contributed by atoms with Crippen LogP contribution in [0.25, 0.3) is 0 Å². The first-order valence-corrected chi connectivity index (χ1v) is 7.41. The summed E-state index contributed by atoms with van der Waals surface area (Å²) in [5.41, 5.74) is 4.37. The highest BCUT2D eigenvalue weighted by Crippen LogP contribution is 2.23. The van der Waals surface area contributed by atoms with E-state index in [-0.39, 0.29) is 0 Å². The number of hydrazine groups is 1. The highest BCUT2D eigenvalue weighted by molar-refractivity contribution is 7.89. The van der Waals surface area contributed by atoms with Crippen LogP contribution < -0.4 is 10.6 Å². The Morgan fingerprint density at radius 1 is 1.16 bits per heavy atom. The molecule has 3 N–H and O–H groups in total. The van der Waals surface area contributed by atoms with Crippen LogP contribution in [0.15, 0.2) is 17.0 Å². The molecular weight excluding hydrogens is 276 g/mol. The third-order valence-corrected chi connectivity index (χ3v) is 4.38. The van der Waals surface area contributed by atoms with Gasteiger partial charge in [-0.3, -0.25) is 0 Å². The molecule has 1 aromatic rings. The molecule has 0 bridgehead atoms. The molecule has 1 aromatic carbocycles. The minimum atomic E-state index is -4.08. The zero-order valence-electron chi connectivity index (χ0n) is 10.2. The summed E-state index contributed by atoms with van der Waals surface area (Å²) in [7, 11) is -4.08. The van der Waals surface area contributed by atoms with Gasteiger partial charge in [-0.25, -0.2) is 22.2 Å². The average molecular weight is 291 g/mol. The van der Waals surface area contributed by atoms with E-state index in [9.17, 15) is 17.2 Å². The lowest BCUT2D eigenvalue weighted by molar-refractivity contribution is 0.199. The second-order valence-corrected chi connectivity index (χ2v) is 6.04. The number of benzene rings is 1. The maximum absolute atomic E-state index is 13.7. The van der Waals surface area contributed by atoms with Crippen molar-refractivity contribution in [1.82, 2.24) is 9.84 Å². The van der Waals surface area contributed by atoms with Crippen LogP contribution >= 0.6 is 0 Å². The van der Waals surface area contributed by atoms with E-state index in [1.807, 2.05) is 0 Å². The molecule has 0 saturated carbocycles. The number of hydrogen-bond donors (Lipinski definition) is 2. The van der Waals surface area contributed by atoms with Crippen molar-refractivity contribution >= 4 is 15.7 Å². The molecule has 0 unspecified atom stereocenters. The SMILES string of the molecule is Nc1c(F)ccc(S(=O)(=O)NN2CCCCC2)c1F. The van der Waals surface area contributed by atoms with Crippen molar-refractivity contribution in [2.24, 2.45) is 0 Å². The van der Waals surface area contributed by atoms with Gasteiger partial charge in [0.1, 0.15) is 16.4 Å². The van der Waals surface area contributed by atoms with Gasteiger partial charge in [0.2, 0.25) is 0 Å².